The molecular weight excluding hydrogens is 471 g/mol. The molecule has 194 valence electrons. The molecule has 1 N–H and O–H groups in total. The summed E-state index contributed by atoms with van der Waals surface area (Å²) >= 11 is 0. The largest absolute Gasteiger partial charge is 0.360 e. The zero-order valence-corrected chi connectivity index (χ0v) is 21.6. The van der Waals surface area contributed by atoms with Gasteiger partial charge >= 0.3 is 0 Å². The average molecular weight is 505 g/mol. The quantitative estimate of drug-likeness (QED) is 0.418. The summed E-state index contributed by atoms with van der Waals surface area (Å²) in [6.45, 7) is 9.20. The van der Waals surface area contributed by atoms with Crippen LogP contribution in [0.2, 0.25) is 0 Å². The van der Waals surface area contributed by atoms with Crippen molar-refractivity contribution in [3.63, 3.8) is 0 Å². The highest BCUT2D eigenvalue weighted by Crippen LogP contribution is 2.27. The SMILES string of the molecule is Cc1cc2[nH]cc(C(=O)C(=O)N3CCCC3)c2cc1C(=O)N1C[C@H](C)N(Cc2ccc(F)cc2)C[C@H]1C. The van der Waals surface area contributed by atoms with Gasteiger partial charge in [0.1, 0.15) is 5.82 Å². The highest BCUT2D eigenvalue weighted by atomic mass is 19.1. The van der Waals surface area contributed by atoms with Crippen LogP contribution >= 0.6 is 0 Å². The third-order valence-corrected chi connectivity index (χ3v) is 7.76. The number of aromatic nitrogens is 1. The van der Waals surface area contributed by atoms with E-state index in [1.165, 1.54) is 12.1 Å². The normalized spacial score (nSPS) is 20.5. The lowest BCUT2D eigenvalue weighted by molar-refractivity contribution is -0.125. The van der Waals surface area contributed by atoms with Crippen LogP contribution in [0, 0.1) is 12.7 Å². The van der Waals surface area contributed by atoms with E-state index in [0.717, 1.165) is 29.5 Å². The molecule has 37 heavy (non-hydrogen) atoms. The minimum absolute atomic E-state index is 0.0247. The van der Waals surface area contributed by atoms with E-state index < -0.39 is 11.7 Å². The molecule has 7 nitrogen and oxygen atoms in total. The molecule has 1 aromatic heterocycles. The number of hydrogen-bond acceptors (Lipinski definition) is 4. The van der Waals surface area contributed by atoms with E-state index in [2.05, 4.69) is 16.8 Å². The predicted octanol–water partition coefficient (Wildman–Crippen LogP) is 4.16. The first-order valence-corrected chi connectivity index (χ1v) is 13.0. The first-order valence-electron chi connectivity index (χ1n) is 13.0. The molecule has 0 spiro atoms. The molecule has 2 amide bonds. The summed E-state index contributed by atoms with van der Waals surface area (Å²) in [4.78, 5) is 48.5. The van der Waals surface area contributed by atoms with Gasteiger partial charge in [0.25, 0.3) is 17.6 Å². The van der Waals surface area contributed by atoms with Crippen LogP contribution in [0.15, 0.2) is 42.6 Å². The smallest absolute Gasteiger partial charge is 0.295 e. The maximum Gasteiger partial charge on any atom is 0.295 e. The van der Waals surface area contributed by atoms with Gasteiger partial charge in [-0.2, -0.15) is 0 Å². The monoisotopic (exact) mass is 504 g/mol. The van der Waals surface area contributed by atoms with Crippen LogP contribution in [0.25, 0.3) is 10.9 Å². The number of H-pyrrole nitrogens is 1. The molecule has 0 bridgehead atoms. The van der Waals surface area contributed by atoms with Crippen molar-refractivity contribution < 1.29 is 18.8 Å². The summed E-state index contributed by atoms with van der Waals surface area (Å²) in [7, 11) is 0. The number of aromatic amines is 1. The van der Waals surface area contributed by atoms with E-state index in [1.54, 1.807) is 29.3 Å². The molecule has 8 heteroatoms. The number of hydrogen-bond donors (Lipinski definition) is 1. The highest BCUT2D eigenvalue weighted by molar-refractivity contribution is 6.45. The number of ketones is 1. The first-order chi connectivity index (χ1) is 17.7. The summed E-state index contributed by atoms with van der Waals surface area (Å²) in [6.07, 6.45) is 3.41. The molecule has 3 aromatic rings. The third-order valence-electron chi connectivity index (χ3n) is 7.76. The number of nitrogens with zero attached hydrogens (tertiary/aromatic N) is 3. The predicted molar refractivity (Wildman–Crippen MR) is 140 cm³/mol. The van der Waals surface area contributed by atoms with Gasteiger partial charge in [0.2, 0.25) is 0 Å². The number of likely N-dealkylation sites (tertiary alicyclic amines) is 1. The van der Waals surface area contributed by atoms with E-state index >= 15 is 0 Å². The van der Waals surface area contributed by atoms with E-state index in [-0.39, 0.29) is 23.8 Å². The second kappa shape index (κ2) is 10.1. The Morgan fingerprint density at radius 3 is 2.38 bits per heavy atom. The van der Waals surface area contributed by atoms with Gasteiger partial charge in [-0.1, -0.05) is 12.1 Å². The van der Waals surface area contributed by atoms with Crippen molar-refractivity contribution >= 4 is 28.5 Å². The van der Waals surface area contributed by atoms with Crippen LogP contribution < -0.4 is 0 Å². The molecule has 0 saturated carbocycles. The van der Waals surface area contributed by atoms with Crippen LogP contribution in [-0.2, 0) is 11.3 Å². The fourth-order valence-electron chi connectivity index (χ4n) is 5.56. The van der Waals surface area contributed by atoms with Crippen LogP contribution in [-0.4, -0.2) is 75.5 Å². The fourth-order valence-corrected chi connectivity index (χ4v) is 5.56. The molecule has 0 radical (unpaired) electrons. The number of halogens is 1. The summed E-state index contributed by atoms with van der Waals surface area (Å²) in [5, 5.41) is 0.599. The van der Waals surface area contributed by atoms with Crippen molar-refractivity contribution in [2.24, 2.45) is 0 Å². The zero-order chi connectivity index (χ0) is 26.3. The summed E-state index contributed by atoms with van der Waals surface area (Å²) < 4.78 is 13.3. The van der Waals surface area contributed by atoms with Crippen LogP contribution in [0.1, 0.15) is 58.5 Å². The third kappa shape index (κ3) is 4.90. The average Bonchev–Trinajstić information content (AvgIpc) is 3.56. The number of nitrogens with one attached hydrogen (secondary N) is 1. The molecular formula is C29H33FN4O3. The number of fused-ring (bicyclic) bond motifs is 1. The molecule has 2 aliphatic rings. The number of carbonyl (C=O) groups is 3. The lowest BCUT2D eigenvalue weighted by Crippen LogP contribution is -2.57. The maximum absolute atomic E-state index is 13.8. The number of carbonyl (C=O) groups excluding carboxylic acids is 3. The number of amides is 2. The van der Waals surface area contributed by atoms with Gasteiger partial charge in [0.05, 0.1) is 5.56 Å². The van der Waals surface area contributed by atoms with Gasteiger partial charge in [-0.15, -0.1) is 0 Å². The number of Topliss-reactive ketones (excluding diaryl/α,β-unsaturated/α-hetero) is 1. The molecule has 2 aliphatic heterocycles. The van der Waals surface area contributed by atoms with Crippen molar-refractivity contribution in [1.82, 2.24) is 19.7 Å². The topological polar surface area (TPSA) is 76.7 Å². The number of rotatable bonds is 5. The van der Waals surface area contributed by atoms with Gasteiger partial charge in [0, 0.05) is 67.5 Å². The molecule has 2 saturated heterocycles. The molecule has 2 aromatic carbocycles. The Morgan fingerprint density at radius 1 is 0.973 bits per heavy atom. The van der Waals surface area contributed by atoms with Crippen LogP contribution in [0.3, 0.4) is 0 Å². The Kier molecular flexibility index (Phi) is 6.86. The molecule has 3 heterocycles. The van der Waals surface area contributed by atoms with E-state index in [0.29, 0.717) is 49.2 Å². The fraction of sp³-hybridized carbons (Fsp3) is 0.414. The second-order valence-corrected chi connectivity index (χ2v) is 10.5. The van der Waals surface area contributed by atoms with E-state index in [1.807, 2.05) is 24.8 Å². The van der Waals surface area contributed by atoms with E-state index in [4.69, 9.17) is 0 Å². The number of benzene rings is 2. The maximum atomic E-state index is 13.8. The van der Waals surface area contributed by atoms with Crippen molar-refractivity contribution in [2.75, 3.05) is 26.2 Å². The van der Waals surface area contributed by atoms with Gasteiger partial charge in [-0.05, 0) is 69.0 Å². The summed E-state index contributed by atoms with van der Waals surface area (Å²) in [5.41, 5.74) is 3.44. The Hall–Kier alpha value is -3.52. The first kappa shape index (κ1) is 25.1. The van der Waals surface area contributed by atoms with Crippen molar-refractivity contribution in [2.45, 2.75) is 52.2 Å². The second-order valence-electron chi connectivity index (χ2n) is 10.5. The van der Waals surface area contributed by atoms with Crippen molar-refractivity contribution in [3.8, 4) is 0 Å². The van der Waals surface area contributed by atoms with Crippen LogP contribution in [0.5, 0.6) is 0 Å². The molecule has 2 fully saturated rings. The Labute approximate surface area is 216 Å². The molecule has 0 unspecified atom stereocenters. The lowest BCUT2D eigenvalue weighted by atomic mass is 9.99. The van der Waals surface area contributed by atoms with Crippen LogP contribution in [0.4, 0.5) is 4.39 Å². The van der Waals surface area contributed by atoms with Gasteiger partial charge in [0.15, 0.2) is 0 Å². The Morgan fingerprint density at radius 2 is 1.68 bits per heavy atom. The van der Waals surface area contributed by atoms with Crippen molar-refractivity contribution in [1.29, 1.82) is 0 Å². The molecule has 5 rings (SSSR count). The van der Waals surface area contributed by atoms with Gasteiger partial charge in [-0.25, -0.2) is 4.39 Å². The number of piperazine rings is 1. The molecule has 0 aliphatic carbocycles. The Balaban J connectivity index is 1.36. The minimum atomic E-state index is -0.535. The lowest BCUT2D eigenvalue weighted by Gasteiger charge is -2.44. The van der Waals surface area contributed by atoms with E-state index in [9.17, 15) is 18.8 Å². The summed E-state index contributed by atoms with van der Waals surface area (Å²) in [5.74, 6) is -1.34. The Bertz CT molecular complexity index is 1340. The zero-order valence-electron chi connectivity index (χ0n) is 21.6. The standard InChI is InChI=1S/C29H33FN4O3/c1-18-12-26-24(25(14-31-26)27(35)29(37)32-10-4-5-11-32)13-23(18)28(36)34-16-19(2)33(15-20(34)3)17-21-6-8-22(30)9-7-21/h6-9,12-14,19-20,31H,4-5,10-11,15-17H2,1-3H3/t19-,20+/m0/s1. The van der Waals surface area contributed by atoms with Crippen molar-refractivity contribution in [3.05, 3.63) is 70.7 Å². The molecule has 2 atom stereocenters. The summed E-state index contributed by atoms with van der Waals surface area (Å²) in [6, 6.07) is 10.3. The highest BCUT2D eigenvalue weighted by Gasteiger charge is 2.34. The minimum Gasteiger partial charge on any atom is -0.360 e. The van der Waals surface area contributed by atoms with Gasteiger partial charge in [-0.3, -0.25) is 19.3 Å². The number of aryl methyl sites for hydroxylation is 1. The van der Waals surface area contributed by atoms with Gasteiger partial charge < -0.3 is 14.8 Å².